The molecule has 1 amide bonds. The van der Waals surface area contributed by atoms with Crippen LogP contribution < -0.4 is 15.0 Å². The summed E-state index contributed by atoms with van der Waals surface area (Å²) in [5.74, 6) is 0.561. The molecule has 6 heteroatoms. The van der Waals surface area contributed by atoms with E-state index >= 15 is 0 Å². The van der Waals surface area contributed by atoms with Gasteiger partial charge in [-0.1, -0.05) is 11.6 Å². The molecule has 0 spiro atoms. The Kier molecular flexibility index (Phi) is 6.01. The predicted molar refractivity (Wildman–Crippen MR) is 105 cm³/mol. The van der Waals surface area contributed by atoms with Crippen molar-refractivity contribution in [2.24, 2.45) is 0 Å². The molecule has 3 rings (SSSR count). The smallest absolute Gasteiger partial charge is 0.255 e. The molecule has 1 aliphatic rings. The minimum absolute atomic E-state index is 0.0946. The maximum absolute atomic E-state index is 12.7. The molecule has 0 aliphatic carbocycles. The predicted octanol–water partition coefficient (Wildman–Crippen LogP) is 4.22. The van der Waals surface area contributed by atoms with Crippen molar-refractivity contribution in [3.05, 3.63) is 53.1 Å². The highest BCUT2D eigenvalue weighted by molar-refractivity contribution is 6.31. The van der Waals surface area contributed by atoms with E-state index in [-0.39, 0.29) is 12.0 Å². The summed E-state index contributed by atoms with van der Waals surface area (Å²) in [5, 5.41) is 3.56. The number of amides is 1. The van der Waals surface area contributed by atoms with E-state index in [0.29, 0.717) is 29.5 Å². The fourth-order valence-corrected chi connectivity index (χ4v) is 3.01. The molecule has 26 heavy (non-hydrogen) atoms. The van der Waals surface area contributed by atoms with Crippen LogP contribution in [0.25, 0.3) is 0 Å². The van der Waals surface area contributed by atoms with Crippen LogP contribution in [0.15, 0.2) is 42.5 Å². The monoisotopic (exact) mass is 374 g/mol. The minimum Gasteiger partial charge on any atom is -0.491 e. The molecule has 0 atom stereocenters. The first-order valence-corrected chi connectivity index (χ1v) is 9.11. The van der Waals surface area contributed by atoms with Crippen molar-refractivity contribution in [1.82, 2.24) is 0 Å². The highest BCUT2D eigenvalue weighted by Gasteiger charge is 2.17. The van der Waals surface area contributed by atoms with Crippen molar-refractivity contribution in [3.8, 4) is 5.75 Å². The van der Waals surface area contributed by atoms with E-state index in [2.05, 4.69) is 10.2 Å². The number of anilines is 2. The lowest BCUT2D eigenvalue weighted by atomic mass is 10.1. The highest BCUT2D eigenvalue weighted by atomic mass is 35.5. The molecular formula is C20H23ClN2O3. The summed E-state index contributed by atoms with van der Waals surface area (Å²) in [5.41, 5.74) is 2.21. The Bertz CT molecular complexity index is 756. The molecule has 5 nitrogen and oxygen atoms in total. The summed E-state index contributed by atoms with van der Waals surface area (Å²) in [7, 11) is 0. The topological polar surface area (TPSA) is 50.8 Å². The zero-order chi connectivity index (χ0) is 18.5. The molecule has 2 aromatic carbocycles. The zero-order valence-electron chi connectivity index (χ0n) is 15.0. The van der Waals surface area contributed by atoms with Crippen molar-refractivity contribution in [3.63, 3.8) is 0 Å². The summed E-state index contributed by atoms with van der Waals surface area (Å²) < 4.78 is 11.0. The zero-order valence-corrected chi connectivity index (χ0v) is 15.8. The number of ether oxygens (including phenoxy) is 2. The Labute approximate surface area is 158 Å². The van der Waals surface area contributed by atoms with Gasteiger partial charge in [0.05, 0.1) is 30.7 Å². The van der Waals surface area contributed by atoms with E-state index in [1.165, 1.54) is 0 Å². The number of hydrogen-bond donors (Lipinski definition) is 1. The molecule has 0 aromatic heterocycles. The fourth-order valence-electron chi connectivity index (χ4n) is 2.84. The largest absolute Gasteiger partial charge is 0.491 e. The molecule has 1 N–H and O–H groups in total. The molecule has 138 valence electrons. The van der Waals surface area contributed by atoms with E-state index in [0.717, 1.165) is 24.5 Å². The maximum Gasteiger partial charge on any atom is 0.255 e. The van der Waals surface area contributed by atoms with Gasteiger partial charge in [0.1, 0.15) is 5.75 Å². The van der Waals surface area contributed by atoms with Gasteiger partial charge in [0.25, 0.3) is 5.91 Å². The molecule has 1 heterocycles. The van der Waals surface area contributed by atoms with Crippen LogP contribution in [0, 0.1) is 0 Å². The number of carbonyl (C=O) groups is 1. The summed E-state index contributed by atoms with van der Waals surface area (Å²) >= 11 is 6.14. The molecule has 0 saturated carbocycles. The van der Waals surface area contributed by atoms with Gasteiger partial charge in [-0.2, -0.15) is 0 Å². The van der Waals surface area contributed by atoms with Crippen LogP contribution in [0.3, 0.4) is 0 Å². The molecule has 0 unspecified atom stereocenters. The third-order valence-corrected chi connectivity index (χ3v) is 4.28. The lowest BCUT2D eigenvalue weighted by Gasteiger charge is -2.30. The van der Waals surface area contributed by atoms with Gasteiger partial charge in [-0.15, -0.1) is 0 Å². The summed E-state index contributed by atoms with van der Waals surface area (Å²) in [6, 6.07) is 12.7. The van der Waals surface area contributed by atoms with Crippen molar-refractivity contribution < 1.29 is 14.3 Å². The second-order valence-electron chi connectivity index (χ2n) is 6.41. The number of nitrogens with zero attached hydrogens (tertiary/aromatic N) is 1. The van der Waals surface area contributed by atoms with E-state index in [9.17, 15) is 4.79 Å². The second-order valence-corrected chi connectivity index (χ2v) is 6.84. The molecule has 1 saturated heterocycles. The average Bonchev–Trinajstić information content (AvgIpc) is 2.62. The van der Waals surface area contributed by atoms with Gasteiger partial charge >= 0.3 is 0 Å². The van der Waals surface area contributed by atoms with Gasteiger partial charge in [0, 0.05) is 23.7 Å². The minimum atomic E-state index is -0.183. The fraction of sp³-hybridized carbons (Fsp3) is 0.350. The number of carbonyl (C=O) groups excluding carboxylic acids is 1. The quantitative estimate of drug-likeness (QED) is 0.851. The Morgan fingerprint density at radius 1 is 1.15 bits per heavy atom. The van der Waals surface area contributed by atoms with Gasteiger partial charge in [-0.3, -0.25) is 4.79 Å². The number of halogens is 1. The van der Waals surface area contributed by atoms with E-state index in [1.807, 2.05) is 26.0 Å². The third kappa shape index (κ3) is 4.68. The Morgan fingerprint density at radius 2 is 1.85 bits per heavy atom. The van der Waals surface area contributed by atoms with E-state index in [4.69, 9.17) is 21.1 Å². The number of morpholine rings is 1. The molecular weight excluding hydrogens is 352 g/mol. The van der Waals surface area contributed by atoms with Crippen LogP contribution in [-0.4, -0.2) is 38.3 Å². The van der Waals surface area contributed by atoms with Crippen LogP contribution in [0.5, 0.6) is 5.75 Å². The lowest BCUT2D eigenvalue weighted by Crippen LogP contribution is -2.36. The SMILES string of the molecule is CC(C)Oc1ccc(C(=O)Nc2cc(Cl)ccc2N2CCOCC2)cc1. The van der Waals surface area contributed by atoms with Crippen LogP contribution >= 0.6 is 11.6 Å². The molecule has 1 aliphatic heterocycles. The van der Waals surface area contributed by atoms with Crippen LogP contribution in [0.1, 0.15) is 24.2 Å². The number of benzene rings is 2. The molecule has 2 aromatic rings. The van der Waals surface area contributed by atoms with Gasteiger partial charge in [0.2, 0.25) is 0 Å². The highest BCUT2D eigenvalue weighted by Crippen LogP contribution is 2.30. The number of rotatable bonds is 5. The third-order valence-electron chi connectivity index (χ3n) is 4.05. The standard InChI is InChI=1S/C20H23ClN2O3/c1-14(2)26-17-6-3-15(4-7-17)20(24)22-18-13-16(21)5-8-19(18)23-9-11-25-12-10-23/h3-8,13-14H,9-12H2,1-2H3,(H,22,24). The van der Waals surface area contributed by atoms with E-state index in [1.54, 1.807) is 30.3 Å². The summed E-state index contributed by atoms with van der Waals surface area (Å²) in [4.78, 5) is 14.8. The Balaban J connectivity index is 1.77. The van der Waals surface area contributed by atoms with Gasteiger partial charge in [-0.25, -0.2) is 0 Å². The lowest BCUT2D eigenvalue weighted by molar-refractivity contribution is 0.102. The maximum atomic E-state index is 12.7. The van der Waals surface area contributed by atoms with Gasteiger partial charge < -0.3 is 19.7 Å². The normalized spacial score (nSPS) is 14.4. The number of nitrogens with one attached hydrogen (secondary N) is 1. The van der Waals surface area contributed by atoms with Crippen LogP contribution in [0.2, 0.25) is 5.02 Å². The second kappa shape index (κ2) is 8.43. The van der Waals surface area contributed by atoms with Crippen molar-refractivity contribution in [2.75, 3.05) is 36.5 Å². The molecule has 0 radical (unpaired) electrons. The van der Waals surface area contributed by atoms with Crippen LogP contribution in [-0.2, 0) is 4.74 Å². The summed E-state index contributed by atoms with van der Waals surface area (Å²) in [6.45, 7) is 6.85. The first-order valence-electron chi connectivity index (χ1n) is 8.73. The van der Waals surface area contributed by atoms with Gasteiger partial charge in [-0.05, 0) is 56.3 Å². The molecule has 1 fully saturated rings. The van der Waals surface area contributed by atoms with Gasteiger partial charge in [0.15, 0.2) is 0 Å². The van der Waals surface area contributed by atoms with Crippen LogP contribution in [0.4, 0.5) is 11.4 Å². The van der Waals surface area contributed by atoms with Crippen molar-refractivity contribution >= 4 is 28.9 Å². The van der Waals surface area contributed by atoms with Crippen molar-refractivity contribution in [1.29, 1.82) is 0 Å². The average molecular weight is 375 g/mol. The first kappa shape index (κ1) is 18.5. The Hall–Kier alpha value is -2.24. The molecule has 0 bridgehead atoms. The van der Waals surface area contributed by atoms with Crippen molar-refractivity contribution in [2.45, 2.75) is 20.0 Å². The van der Waals surface area contributed by atoms with E-state index < -0.39 is 0 Å². The Morgan fingerprint density at radius 3 is 2.50 bits per heavy atom. The first-order chi connectivity index (χ1) is 12.5. The number of hydrogen-bond acceptors (Lipinski definition) is 4. The summed E-state index contributed by atoms with van der Waals surface area (Å²) in [6.07, 6.45) is 0.0946.